The molecule has 3 heteroatoms. The monoisotopic (exact) mass is 413 g/mol. The highest BCUT2D eigenvalue weighted by Crippen LogP contribution is 2.38. The third-order valence-electron chi connectivity index (χ3n) is 5.46. The molecule has 164 valence electrons. The Kier molecular flexibility index (Phi) is 13.0. The van der Waals surface area contributed by atoms with E-state index in [4.69, 9.17) is 0 Å². The van der Waals surface area contributed by atoms with Gasteiger partial charge in [-0.2, -0.15) is 0 Å². The first-order valence-electron chi connectivity index (χ1n) is 12.1. The average molecular weight is 414 g/mol. The second kappa shape index (κ2) is 12.8. The van der Waals surface area contributed by atoms with Crippen molar-refractivity contribution in [2.45, 2.75) is 113 Å². The van der Waals surface area contributed by atoms with Gasteiger partial charge in [0.25, 0.3) is 0 Å². The third-order valence-corrected chi connectivity index (χ3v) is 18.4. The minimum absolute atomic E-state index is 0.790. The first-order chi connectivity index (χ1) is 12.3. The molecule has 0 unspecified atom stereocenters. The van der Waals surface area contributed by atoms with Gasteiger partial charge in [0.15, 0.2) is 0 Å². The molecule has 27 heavy (non-hydrogen) atoms. The molecule has 0 amide bonds. The SMILES string of the molecule is CC(C)CN([SiH](CC(C)C)CC(C)C)[Si](CC(C)C)(CC(C)C)CC(C)C. The summed E-state index contributed by atoms with van der Waals surface area (Å²) < 4.78 is 3.32. The normalized spacial score (nSPS) is 13.8. The molecule has 0 aliphatic carbocycles. The van der Waals surface area contributed by atoms with Gasteiger partial charge < -0.3 is 4.23 Å². The molecule has 0 aromatic carbocycles. The van der Waals surface area contributed by atoms with Crippen molar-refractivity contribution in [3.8, 4) is 0 Å². The first-order valence-corrected chi connectivity index (χ1v) is 16.8. The fourth-order valence-electron chi connectivity index (χ4n) is 5.44. The highest BCUT2D eigenvalue weighted by atomic mass is 28.4. The maximum Gasteiger partial charge on any atom is 0.122 e. The molecule has 0 rings (SSSR count). The van der Waals surface area contributed by atoms with Crippen LogP contribution >= 0.6 is 0 Å². The van der Waals surface area contributed by atoms with Gasteiger partial charge >= 0.3 is 0 Å². The largest absolute Gasteiger partial charge is 0.347 e. The zero-order valence-corrected chi connectivity index (χ0v) is 23.4. The Bertz CT molecular complexity index is 338. The van der Waals surface area contributed by atoms with E-state index in [0.717, 1.165) is 35.5 Å². The maximum absolute atomic E-state index is 3.32. The van der Waals surface area contributed by atoms with E-state index < -0.39 is 17.2 Å². The number of rotatable bonds is 14. The van der Waals surface area contributed by atoms with Crippen molar-refractivity contribution in [2.75, 3.05) is 6.54 Å². The van der Waals surface area contributed by atoms with Crippen molar-refractivity contribution in [2.24, 2.45) is 35.5 Å². The van der Waals surface area contributed by atoms with Crippen molar-refractivity contribution in [1.29, 1.82) is 0 Å². The number of nitrogens with zero attached hydrogens (tertiary/aromatic N) is 1. The molecular formula is C24H55NSi2. The standard InChI is InChI=1S/C24H55NSi2/c1-19(2)13-25(26(14-20(3)4)15-21(5)6)27(16-22(7)8,17-23(9)10)18-24(11)12/h19-24,26H,13-18H2,1-12H3. The summed E-state index contributed by atoms with van der Waals surface area (Å²) >= 11 is 0. The van der Waals surface area contributed by atoms with Crippen LogP contribution in [-0.2, 0) is 0 Å². The Labute approximate surface area is 176 Å². The van der Waals surface area contributed by atoms with E-state index in [-0.39, 0.29) is 0 Å². The van der Waals surface area contributed by atoms with E-state index in [9.17, 15) is 0 Å². The van der Waals surface area contributed by atoms with Gasteiger partial charge in [-0.3, -0.25) is 0 Å². The van der Waals surface area contributed by atoms with E-state index in [1.54, 1.807) is 0 Å². The lowest BCUT2D eigenvalue weighted by molar-refractivity contribution is 0.455. The lowest BCUT2D eigenvalue weighted by atomic mass is 10.2. The highest BCUT2D eigenvalue weighted by molar-refractivity contribution is 6.86. The average Bonchev–Trinajstić information content (AvgIpc) is 2.40. The van der Waals surface area contributed by atoms with Crippen LogP contribution in [0.1, 0.15) is 83.1 Å². The third kappa shape index (κ3) is 11.2. The van der Waals surface area contributed by atoms with Crippen molar-refractivity contribution in [1.82, 2.24) is 4.23 Å². The lowest BCUT2D eigenvalue weighted by Crippen LogP contribution is -2.62. The number of hydrogen-bond acceptors (Lipinski definition) is 1. The second-order valence-corrected chi connectivity index (χ2v) is 19.6. The summed E-state index contributed by atoms with van der Waals surface area (Å²) in [5.74, 6) is 4.97. The van der Waals surface area contributed by atoms with Crippen LogP contribution in [0.3, 0.4) is 0 Å². The Morgan fingerprint density at radius 1 is 0.519 bits per heavy atom. The molecule has 0 heterocycles. The van der Waals surface area contributed by atoms with E-state index in [1.807, 2.05) is 0 Å². The predicted molar refractivity (Wildman–Crippen MR) is 133 cm³/mol. The molecular weight excluding hydrogens is 358 g/mol. The van der Waals surface area contributed by atoms with Gasteiger partial charge in [-0.05, 0) is 72.3 Å². The second-order valence-electron chi connectivity index (χ2n) is 12.0. The van der Waals surface area contributed by atoms with E-state index >= 15 is 0 Å². The minimum atomic E-state index is -1.48. The van der Waals surface area contributed by atoms with Gasteiger partial charge in [-0.1, -0.05) is 83.1 Å². The van der Waals surface area contributed by atoms with Crippen molar-refractivity contribution >= 4 is 17.2 Å². The molecule has 0 radical (unpaired) electrons. The summed E-state index contributed by atoms with van der Waals surface area (Å²) in [4.78, 5) is 0. The molecule has 0 aromatic rings. The molecule has 0 saturated heterocycles. The van der Waals surface area contributed by atoms with E-state index in [1.165, 1.54) is 36.8 Å². The van der Waals surface area contributed by atoms with Crippen molar-refractivity contribution < 1.29 is 0 Å². The molecule has 0 aliphatic heterocycles. The van der Waals surface area contributed by atoms with Gasteiger partial charge in [-0.25, -0.2) is 0 Å². The molecule has 0 bridgehead atoms. The first kappa shape index (κ1) is 27.4. The zero-order chi connectivity index (χ0) is 21.4. The summed E-state index contributed by atoms with van der Waals surface area (Å²) in [6.45, 7) is 31.0. The summed E-state index contributed by atoms with van der Waals surface area (Å²) in [5.41, 5.74) is 0. The van der Waals surface area contributed by atoms with Crippen LogP contribution in [0.2, 0.25) is 30.2 Å². The maximum atomic E-state index is 3.32. The molecule has 0 aliphatic rings. The van der Waals surface area contributed by atoms with Crippen LogP contribution in [0.4, 0.5) is 0 Å². The number of hydrogen-bond donors (Lipinski definition) is 0. The zero-order valence-electron chi connectivity index (χ0n) is 21.2. The molecule has 0 N–H and O–H groups in total. The molecule has 0 aromatic heterocycles. The lowest BCUT2D eigenvalue weighted by Gasteiger charge is -2.51. The topological polar surface area (TPSA) is 3.24 Å². The van der Waals surface area contributed by atoms with Crippen LogP contribution < -0.4 is 0 Å². The summed E-state index contributed by atoms with van der Waals surface area (Å²) in [7, 11) is -2.41. The molecule has 0 fully saturated rings. The molecule has 0 saturated carbocycles. The van der Waals surface area contributed by atoms with Crippen molar-refractivity contribution in [3.63, 3.8) is 0 Å². The predicted octanol–water partition coefficient (Wildman–Crippen LogP) is 7.89. The quantitative estimate of drug-likeness (QED) is 0.262. The van der Waals surface area contributed by atoms with Gasteiger partial charge in [0.1, 0.15) is 17.2 Å². The van der Waals surface area contributed by atoms with Gasteiger partial charge in [0.05, 0.1) is 0 Å². The summed E-state index contributed by atoms with van der Waals surface area (Å²) in [5, 5.41) is 0. The Balaban J connectivity index is 6.25. The fraction of sp³-hybridized carbons (Fsp3) is 1.00. The molecule has 1 nitrogen and oxygen atoms in total. The highest BCUT2D eigenvalue weighted by Gasteiger charge is 2.44. The van der Waals surface area contributed by atoms with Crippen LogP contribution in [-0.4, -0.2) is 28.0 Å². The Morgan fingerprint density at radius 2 is 0.852 bits per heavy atom. The van der Waals surface area contributed by atoms with Crippen LogP contribution in [0.15, 0.2) is 0 Å². The molecule has 0 atom stereocenters. The minimum Gasteiger partial charge on any atom is -0.347 e. The summed E-state index contributed by atoms with van der Waals surface area (Å²) in [6.07, 6.45) is 0. The van der Waals surface area contributed by atoms with E-state index in [0.29, 0.717) is 0 Å². The van der Waals surface area contributed by atoms with Gasteiger partial charge in [0.2, 0.25) is 0 Å². The van der Waals surface area contributed by atoms with Crippen LogP contribution in [0, 0.1) is 35.5 Å². The van der Waals surface area contributed by atoms with Crippen LogP contribution in [0.25, 0.3) is 0 Å². The molecule has 0 spiro atoms. The van der Waals surface area contributed by atoms with E-state index in [2.05, 4.69) is 87.3 Å². The van der Waals surface area contributed by atoms with Gasteiger partial charge in [-0.15, -0.1) is 0 Å². The fourth-order valence-corrected chi connectivity index (χ4v) is 20.2. The van der Waals surface area contributed by atoms with Gasteiger partial charge in [0, 0.05) is 0 Å². The smallest absolute Gasteiger partial charge is 0.122 e. The van der Waals surface area contributed by atoms with Crippen molar-refractivity contribution in [3.05, 3.63) is 0 Å². The van der Waals surface area contributed by atoms with Crippen LogP contribution in [0.5, 0.6) is 0 Å². The Morgan fingerprint density at radius 3 is 1.07 bits per heavy atom. The summed E-state index contributed by atoms with van der Waals surface area (Å²) in [6, 6.07) is 7.54. The Hall–Kier alpha value is 0.394.